The highest BCUT2D eigenvalue weighted by Gasteiger charge is 2.17. The monoisotopic (exact) mass is 390 g/mol. The fraction of sp³-hybridized carbons (Fsp3) is 0.409. The molecule has 0 aliphatic rings. The molecule has 0 atom stereocenters. The van der Waals surface area contributed by atoms with Crippen LogP contribution in [0.2, 0.25) is 5.02 Å². The second kappa shape index (κ2) is 9.34. The van der Waals surface area contributed by atoms with E-state index >= 15 is 0 Å². The molecule has 2 aromatic carbocycles. The normalized spacial score (nSPS) is 11.5. The number of hydrogen-bond donors (Lipinski definition) is 1. The molecule has 3 nitrogen and oxygen atoms in total. The summed E-state index contributed by atoms with van der Waals surface area (Å²) >= 11 is 6.08. The molecule has 0 radical (unpaired) electrons. The summed E-state index contributed by atoms with van der Waals surface area (Å²) in [6, 6.07) is 10.7. The van der Waals surface area contributed by atoms with E-state index in [1.165, 1.54) is 6.07 Å². The first kappa shape index (κ1) is 21.4. The van der Waals surface area contributed by atoms with Gasteiger partial charge in [0.15, 0.2) is 0 Å². The number of carbonyl (C=O) groups is 1. The minimum absolute atomic E-state index is 0.125. The van der Waals surface area contributed by atoms with Gasteiger partial charge < -0.3 is 5.32 Å². The molecule has 146 valence electrons. The minimum atomic E-state index is -0.359. The van der Waals surface area contributed by atoms with Gasteiger partial charge in [0, 0.05) is 22.8 Å². The zero-order valence-electron chi connectivity index (χ0n) is 16.6. The Balaban J connectivity index is 2.14. The average molecular weight is 391 g/mol. The fourth-order valence-electron chi connectivity index (χ4n) is 3.13. The third-order valence-corrected chi connectivity index (χ3v) is 4.89. The van der Waals surface area contributed by atoms with Crippen molar-refractivity contribution >= 4 is 23.2 Å². The molecular formula is C22H28ClFN2O. The molecule has 0 unspecified atom stereocenters. The Morgan fingerprint density at radius 3 is 2.15 bits per heavy atom. The molecular weight excluding hydrogens is 363 g/mol. The van der Waals surface area contributed by atoms with Crippen LogP contribution in [0.15, 0.2) is 36.4 Å². The second-order valence-electron chi connectivity index (χ2n) is 7.54. The molecule has 0 bridgehead atoms. The smallest absolute Gasteiger partial charge is 0.238 e. The number of nitrogens with zero attached hydrogens (tertiary/aromatic N) is 1. The predicted octanol–water partition coefficient (Wildman–Crippen LogP) is 5.80. The third kappa shape index (κ3) is 5.53. The van der Waals surface area contributed by atoms with Gasteiger partial charge in [-0.3, -0.25) is 9.69 Å². The highest BCUT2D eigenvalue weighted by atomic mass is 35.5. The van der Waals surface area contributed by atoms with Gasteiger partial charge in [-0.05, 0) is 42.1 Å². The first-order valence-electron chi connectivity index (χ1n) is 9.24. The molecule has 0 heterocycles. The van der Waals surface area contributed by atoms with Gasteiger partial charge in [-0.2, -0.15) is 0 Å². The van der Waals surface area contributed by atoms with E-state index in [-0.39, 0.29) is 24.8 Å². The Morgan fingerprint density at radius 2 is 1.63 bits per heavy atom. The van der Waals surface area contributed by atoms with Crippen molar-refractivity contribution in [3.8, 4) is 0 Å². The molecule has 0 aliphatic heterocycles. The van der Waals surface area contributed by atoms with E-state index in [2.05, 4.69) is 45.1 Å². The second-order valence-corrected chi connectivity index (χ2v) is 7.95. The maximum atomic E-state index is 14.0. The average Bonchev–Trinajstić information content (AvgIpc) is 2.57. The summed E-state index contributed by atoms with van der Waals surface area (Å²) in [6.45, 7) is 8.86. The SMILES string of the molecule is CC(C)c1cccc(C(C)C)c1NC(=O)CN(C)Cc1c(F)cccc1Cl. The summed E-state index contributed by atoms with van der Waals surface area (Å²) < 4.78 is 14.0. The van der Waals surface area contributed by atoms with Crippen LogP contribution in [0.25, 0.3) is 0 Å². The minimum Gasteiger partial charge on any atom is -0.324 e. The van der Waals surface area contributed by atoms with Crippen molar-refractivity contribution in [2.75, 3.05) is 18.9 Å². The van der Waals surface area contributed by atoms with Crippen molar-refractivity contribution < 1.29 is 9.18 Å². The summed E-state index contributed by atoms with van der Waals surface area (Å²) in [7, 11) is 1.78. The van der Waals surface area contributed by atoms with Crippen molar-refractivity contribution in [2.24, 2.45) is 0 Å². The number of rotatable bonds is 7. The highest BCUT2D eigenvalue weighted by Crippen LogP contribution is 2.32. The number of nitrogens with one attached hydrogen (secondary N) is 1. The van der Waals surface area contributed by atoms with Crippen LogP contribution in [0.5, 0.6) is 0 Å². The van der Waals surface area contributed by atoms with Crippen LogP contribution < -0.4 is 5.32 Å². The molecule has 27 heavy (non-hydrogen) atoms. The Labute approximate surface area is 166 Å². The summed E-state index contributed by atoms with van der Waals surface area (Å²) in [4.78, 5) is 14.4. The number of hydrogen-bond acceptors (Lipinski definition) is 2. The number of para-hydroxylation sites is 1. The number of amides is 1. The quantitative estimate of drug-likeness (QED) is 0.648. The van der Waals surface area contributed by atoms with E-state index in [0.717, 1.165) is 16.8 Å². The van der Waals surface area contributed by atoms with Crippen molar-refractivity contribution in [1.29, 1.82) is 0 Å². The number of carbonyl (C=O) groups excluding carboxylic acids is 1. The number of halogens is 2. The summed E-state index contributed by atoms with van der Waals surface area (Å²) in [6.07, 6.45) is 0. The summed E-state index contributed by atoms with van der Waals surface area (Å²) in [5, 5.41) is 3.45. The first-order valence-corrected chi connectivity index (χ1v) is 9.62. The van der Waals surface area contributed by atoms with Crippen LogP contribution in [0, 0.1) is 5.82 Å². The van der Waals surface area contributed by atoms with Crippen molar-refractivity contribution in [1.82, 2.24) is 4.90 Å². The van der Waals surface area contributed by atoms with Crippen LogP contribution in [0.4, 0.5) is 10.1 Å². The molecule has 2 aromatic rings. The Kier molecular flexibility index (Phi) is 7.40. The molecule has 0 fully saturated rings. The molecule has 0 spiro atoms. The van der Waals surface area contributed by atoms with Crippen molar-refractivity contribution in [3.63, 3.8) is 0 Å². The highest BCUT2D eigenvalue weighted by molar-refractivity contribution is 6.31. The van der Waals surface area contributed by atoms with Crippen LogP contribution in [0.3, 0.4) is 0 Å². The van der Waals surface area contributed by atoms with Crippen molar-refractivity contribution in [2.45, 2.75) is 46.1 Å². The molecule has 2 rings (SSSR count). The standard InChI is InChI=1S/C22H28ClFN2O/c1-14(2)16-8-6-9-17(15(3)4)22(16)25-21(27)13-26(5)12-18-19(23)10-7-11-20(18)24/h6-11,14-15H,12-13H2,1-5H3,(H,25,27). The van der Waals surface area contributed by atoms with Crippen molar-refractivity contribution in [3.05, 3.63) is 63.9 Å². The lowest BCUT2D eigenvalue weighted by Gasteiger charge is -2.22. The van der Waals surface area contributed by atoms with Gasteiger partial charge in [0.2, 0.25) is 5.91 Å². The van der Waals surface area contributed by atoms with E-state index in [9.17, 15) is 9.18 Å². The number of anilines is 1. The third-order valence-electron chi connectivity index (χ3n) is 4.54. The van der Waals surface area contributed by atoms with Gasteiger partial charge in [0.25, 0.3) is 0 Å². The van der Waals surface area contributed by atoms with Crippen LogP contribution in [0.1, 0.15) is 56.2 Å². The molecule has 1 amide bonds. The van der Waals surface area contributed by atoms with Gasteiger partial charge in [0.05, 0.1) is 6.54 Å². The van der Waals surface area contributed by atoms with Crippen LogP contribution in [-0.2, 0) is 11.3 Å². The zero-order chi connectivity index (χ0) is 20.1. The zero-order valence-corrected chi connectivity index (χ0v) is 17.4. The Hall–Kier alpha value is -1.91. The molecule has 0 saturated heterocycles. The summed E-state index contributed by atoms with van der Waals surface area (Å²) in [5.74, 6) is 0.116. The number of likely N-dealkylation sites (N-methyl/N-ethyl adjacent to an activating group) is 1. The molecule has 1 N–H and O–H groups in total. The Morgan fingerprint density at radius 1 is 1.07 bits per heavy atom. The van der Waals surface area contributed by atoms with Gasteiger partial charge >= 0.3 is 0 Å². The Bertz CT molecular complexity index is 758. The van der Waals surface area contributed by atoms with E-state index in [0.29, 0.717) is 22.4 Å². The molecule has 0 aromatic heterocycles. The predicted molar refractivity (Wildman–Crippen MR) is 111 cm³/mol. The lowest BCUT2D eigenvalue weighted by Crippen LogP contribution is -2.31. The largest absolute Gasteiger partial charge is 0.324 e. The van der Waals surface area contributed by atoms with Gasteiger partial charge in [-0.1, -0.05) is 63.6 Å². The topological polar surface area (TPSA) is 32.3 Å². The number of benzene rings is 2. The van der Waals surface area contributed by atoms with Gasteiger partial charge in [0.1, 0.15) is 5.82 Å². The maximum Gasteiger partial charge on any atom is 0.238 e. The molecule has 5 heteroatoms. The molecule has 0 saturated carbocycles. The fourth-order valence-corrected chi connectivity index (χ4v) is 3.35. The lowest BCUT2D eigenvalue weighted by atomic mass is 9.92. The molecule has 0 aliphatic carbocycles. The van der Waals surface area contributed by atoms with Crippen LogP contribution in [-0.4, -0.2) is 24.4 Å². The van der Waals surface area contributed by atoms with E-state index in [4.69, 9.17) is 11.6 Å². The maximum absolute atomic E-state index is 14.0. The van der Waals surface area contributed by atoms with Crippen LogP contribution >= 0.6 is 11.6 Å². The first-order chi connectivity index (χ1) is 12.7. The van der Waals surface area contributed by atoms with Gasteiger partial charge in [-0.15, -0.1) is 0 Å². The van der Waals surface area contributed by atoms with E-state index in [1.807, 2.05) is 6.07 Å². The lowest BCUT2D eigenvalue weighted by molar-refractivity contribution is -0.117. The summed E-state index contributed by atoms with van der Waals surface area (Å²) in [5.41, 5.74) is 3.54. The van der Waals surface area contributed by atoms with Gasteiger partial charge in [-0.25, -0.2) is 4.39 Å². The van der Waals surface area contributed by atoms with E-state index in [1.54, 1.807) is 24.1 Å². The van der Waals surface area contributed by atoms with E-state index < -0.39 is 0 Å².